The molecule has 0 aliphatic rings. The van der Waals surface area contributed by atoms with Crippen LogP contribution in [0.25, 0.3) is 0 Å². The molecule has 0 radical (unpaired) electrons. The number of amides is 1. The molecule has 1 amide bonds. The zero-order valence-electron chi connectivity index (χ0n) is 21.5. The molecule has 0 aromatic heterocycles. The van der Waals surface area contributed by atoms with Crippen LogP contribution in [0.15, 0.2) is 66.7 Å². The highest BCUT2D eigenvalue weighted by atomic mass is 19.4. The highest BCUT2D eigenvalue weighted by molar-refractivity contribution is 5.98. The van der Waals surface area contributed by atoms with Gasteiger partial charge in [-0.15, -0.1) is 0 Å². The second-order valence-electron chi connectivity index (χ2n) is 8.58. The molecule has 3 aromatic rings. The number of rotatable bonds is 10. The van der Waals surface area contributed by atoms with Gasteiger partial charge in [0, 0.05) is 23.9 Å². The number of carbonyl (C=O) groups is 1. The van der Waals surface area contributed by atoms with E-state index in [0.29, 0.717) is 40.5 Å². The number of benzene rings is 3. The van der Waals surface area contributed by atoms with Crippen LogP contribution in [-0.2, 0) is 17.4 Å². The zero-order chi connectivity index (χ0) is 27.2. The zero-order valence-corrected chi connectivity index (χ0v) is 21.5. The van der Waals surface area contributed by atoms with Gasteiger partial charge in [-0.25, -0.2) is 0 Å². The van der Waals surface area contributed by atoms with Gasteiger partial charge >= 0.3 is 6.18 Å². The molecule has 0 unspecified atom stereocenters. The molecule has 37 heavy (non-hydrogen) atoms. The minimum Gasteiger partial charge on any atom is -0.496 e. The fraction of sp³-hybridized carbons (Fsp3) is 0.321. The van der Waals surface area contributed by atoms with Crippen molar-refractivity contribution in [3.63, 3.8) is 0 Å². The van der Waals surface area contributed by atoms with E-state index in [0.717, 1.165) is 12.1 Å². The molecule has 0 heterocycles. The van der Waals surface area contributed by atoms with Crippen LogP contribution in [0.4, 0.5) is 18.9 Å². The predicted molar refractivity (Wildman–Crippen MR) is 136 cm³/mol. The lowest BCUT2D eigenvalue weighted by molar-refractivity contribution is -0.137. The summed E-state index contributed by atoms with van der Waals surface area (Å²) in [6, 6.07) is 16.8. The van der Waals surface area contributed by atoms with Crippen molar-refractivity contribution in [2.24, 2.45) is 0 Å². The molecule has 0 bridgehead atoms. The summed E-state index contributed by atoms with van der Waals surface area (Å²) in [4.78, 5) is 17.5. The van der Waals surface area contributed by atoms with Crippen LogP contribution >= 0.6 is 0 Å². The van der Waals surface area contributed by atoms with Gasteiger partial charge in [0.05, 0.1) is 26.9 Å². The van der Waals surface area contributed by atoms with Crippen LogP contribution in [0.3, 0.4) is 0 Å². The van der Waals surface area contributed by atoms with Gasteiger partial charge in [0.15, 0.2) is 11.5 Å². The van der Waals surface area contributed by atoms with E-state index in [-0.39, 0.29) is 12.5 Å². The molecule has 6 nitrogen and oxygen atoms in total. The highest BCUT2D eigenvalue weighted by Gasteiger charge is 2.32. The predicted octanol–water partition coefficient (Wildman–Crippen LogP) is 5.61. The summed E-state index contributed by atoms with van der Waals surface area (Å²) in [6.07, 6.45) is -4.07. The molecule has 0 aliphatic heterocycles. The van der Waals surface area contributed by atoms with E-state index in [2.05, 4.69) is 0 Å². The van der Waals surface area contributed by atoms with Gasteiger partial charge < -0.3 is 19.1 Å². The highest BCUT2D eigenvalue weighted by Crippen LogP contribution is 2.35. The van der Waals surface area contributed by atoms with Crippen molar-refractivity contribution in [1.29, 1.82) is 0 Å². The molecule has 0 N–H and O–H groups in total. The molecule has 3 rings (SSSR count). The van der Waals surface area contributed by atoms with Gasteiger partial charge in [-0.3, -0.25) is 9.69 Å². The van der Waals surface area contributed by atoms with Crippen LogP contribution in [0.5, 0.6) is 17.2 Å². The quantitative estimate of drug-likeness (QED) is 0.351. The first kappa shape index (κ1) is 27.9. The molecular formula is C28H31F3N2O4. The van der Waals surface area contributed by atoms with Crippen LogP contribution < -0.4 is 19.1 Å². The number of carbonyl (C=O) groups excluding carboxylic acids is 1. The lowest BCUT2D eigenvalue weighted by Crippen LogP contribution is -2.42. The summed E-state index contributed by atoms with van der Waals surface area (Å²) >= 11 is 0. The van der Waals surface area contributed by atoms with Gasteiger partial charge in [-0.05, 0) is 56.4 Å². The fourth-order valence-electron chi connectivity index (χ4n) is 4.13. The van der Waals surface area contributed by atoms with Crippen molar-refractivity contribution in [3.05, 3.63) is 83.4 Å². The molecule has 9 heteroatoms. The number of halogens is 3. The molecule has 0 saturated carbocycles. The largest absolute Gasteiger partial charge is 0.496 e. The Morgan fingerprint density at radius 2 is 1.46 bits per heavy atom. The van der Waals surface area contributed by atoms with E-state index in [4.69, 9.17) is 14.2 Å². The Bertz CT molecular complexity index is 1200. The van der Waals surface area contributed by atoms with E-state index in [1.54, 1.807) is 55.3 Å². The van der Waals surface area contributed by atoms with E-state index >= 15 is 0 Å². The number of anilines is 1. The number of ether oxygens (including phenoxy) is 3. The molecule has 3 aromatic carbocycles. The second kappa shape index (κ2) is 12.0. The molecule has 0 saturated heterocycles. The fourth-order valence-corrected chi connectivity index (χ4v) is 4.13. The number of para-hydroxylation sites is 1. The first-order valence-electron chi connectivity index (χ1n) is 11.6. The van der Waals surface area contributed by atoms with E-state index in [1.807, 2.05) is 18.2 Å². The topological polar surface area (TPSA) is 51.2 Å². The molecular weight excluding hydrogens is 485 g/mol. The van der Waals surface area contributed by atoms with Crippen molar-refractivity contribution < 1.29 is 32.2 Å². The molecule has 0 fully saturated rings. The van der Waals surface area contributed by atoms with Gasteiger partial charge in [0.2, 0.25) is 5.91 Å². The van der Waals surface area contributed by atoms with Gasteiger partial charge in [0.25, 0.3) is 0 Å². The summed E-state index contributed by atoms with van der Waals surface area (Å²) in [5.74, 6) is 1.31. The number of alkyl halides is 3. The lowest BCUT2D eigenvalue weighted by atomic mass is 10.0. The Morgan fingerprint density at radius 1 is 0.838 bits per heavy atom. The van der Waals surface area contributed by atoms with E-state index in [9.17, 15) is 18.0 Å². The SMILES string of the molecule is COc1ccc(N(CCc2ccc(C(F)(F)F)cc2)C(=O)[C@@H](c2ccccc2OC)N(C)C)cc1OC. The molecule has 1 atom stereocenters. The van der Waals surface area contributed by atoms with Crippen molar-refractivity contribution in [1.82, 2.24) is 4.90 Å². The summed E-state index contributed by atoms with van der Waals surface area (Å²) in [7, 11) is 8.18. The maximum atomic E-state index is 14.1. The number of methoxy groups -OCH3 is 3. The molecule has 198 valence electrons. The van der Waals surface area contributed by atoms with Crippen molar-refractivity contribution in [3.8, 4) is 17.2 Å². The molecule has 0 aliphatic carbocycles. The second-order valence-corrected chi connectivity index (χ2v) is 8.58. The standard InChI is InChI=1S/C28H31F3N2O4/c1-32(2)26(22-8-6-7-9-23(22)35-3)27(34)33(21-14-15-24(36-4)25(18-21)37-5)17-16-19-10-12-20(13-11-19)28(29,30)31/h6-15,18,26H,16-17H2,1-5H3/t26-/m1/s1. The first-order chi connectivity index (χ1) is 17.6. The minimum absolute atomic E-state index is 0.221. The van der Waals surface area contributed by atoms with Crippen LogP contribution in [0.2, 0.25) is 0 Å². The average molecular weight is 517 g/mol. The third-order valence-corrected chi connectivity index (χ3v) is 6.03. The smallest absolute Gasteiger partial charge is 0.416 e. The van der Waals surface area contributed by atoms with Gasteiger partial charge in [0.1, 0.15) is 11.8 Å². The van der Waals surface area contributed by atoms with Crippen molar-refractivity contribution in [2.45, 2.75) is 18.6 Å². The Balaban J connectivity index is 2.01. The van der Waals surface area contributed by atoms with Crippen molar-refractivity contribution in [2.75, 3.05) is 46.9 Å². The van der Waals surface area contributed by atoms with Crippen LogP contribution in [-0.4, -0.2) is 52.8 Å². The number of hydrogen-bond acceptors (Lipinski definition) is 5. The minimum atomic E-state index is -4.41. The normalized spacial score (nSPS) is 12.2. The summed E-state index contributed by atoms with van der Waals surface area (Å²) < 4.78 is 55.3. The first-order valence-corrected chi connectivity index (χ1v) is 11.6. The number of likely N-dealkylation sites (N-methyl/N-ethyl adjacent to an activating group) is 1. The Morgan fingerprint density at radius 3 is 2.03 bits per heavy atom. The summed E-state index contributed by atoms with van der Waals surface area (Å²) in [5, 5.41) is 0. The van der Waals surface area contributed by atoms with Gasteiger partial charge in [-0.1, -0.05) is 30.3 Å². The average Bonchev–Trinajstić information content (AvgIpc) is 2.88. The van der Waals surface area contributed by atoms with Crippen LogP contribution in [0.1, 0.15) is 22.7 Å². The monoisotopic (exact) mass is 516 g/mol. The maximum absolute atomic E-state index is 14.1. The van der Waals surface area contributed by atoms with E-state index in [1.165, 1.54) is 26.4 Å². The Kier molecular flexibility index (Phi) is 9.04. The Hall–Kier alpha value is -3.72. The third kappa shape index (κ3) is 6.54. The van der Waals surface area contributed by atoms with Crippen molar-refractivity contribution >= 4 is 11.6 Å². The Labute approximate surface area is 215 Å². The maximum Gasteiger partial charge on any atom is 0.416 e. The third-order valence-electron chi connectivity index (χ3n) is 6.03. The van der Waals surface area contributed by atoms with Gasteiger partial charge in [-0.2, -0.15) is 13.2 Å². The lowest BCUT2D eigenvalue weighted by Gasteiger charge is -2.32. The summed E-state index contributed by atoms with van der Waals surface area (Å²) in [6.45, 7) is 0.221. The number of nitrogens with zero attached hydrogens (tertiary/aromatic N) is 2. The van der Waals surface area contributed by atoms with Crippen LogP contribution in [0, 0.1) is 0 Å². The van der Waals surface area contributed by atoms with E-state index < -0.39 is 17.8 Å². The number of hydrogen-bond donors (Lipinski definition) is 0. The summed E-state index contributed by atoms with van der Waals surface area (Å²) in [5.41, 5.74) is 1.22. The molecule has 0 spiro atoms.